The molecule has 9 heteroatoms. The quantitative estimate of drug-likeness (QED) is 0.630. The Kier molecular flexibility index (Phi) is 4.76. The molecule has 0 aromatic carbocycles. The van der Waals surface area contributed by atoms with Crippen LogP contribution < -0.4 is 10.1 Å². The first-order valence-corrected chi connectivity index (χ1v) is 11.2. The van der Waals surface area contributed by atoms with E-state index in [1.54, 1.807) is 36.4 Å². The number of aryl methyl sites for hydroxylation is 2. The summed E-state index contributed by atoms with van der Waals surface area (Å²) in [5.74, 6) is -0.392. The summed E-state index contributed by atoms with van der Waals surface area (Å²) < 4.78 is 43.6. The Labute approximate surface area is 201 Å². The van der Waals surface area contributed by atoms with Gasteiger partial charge in [0.1, 0.15) is 11.6 Å². The minimum absolute atomic E-state index is 0.0661. The van der Waals surface area contributed by atoms with E-state index in [0.29, 0.717) is 43.1 Å². The highest BCUT2D eigenvalue weighted by molar-refractivity contribution is 5.84. The second-order valence-electron chi connectivity index (χ2n) is 8.85. The zero-order chi connectivity index (χ0) is 26.4. The number of anilines is 1. The van der Waals surface area contributed by atoms with Gasteiger partial charge in [0.2, 0.25) is 11.8 Å². The van der Waals surface area contributed by atoms with Crippen LogP contribution in [0.5, 0.6) is 5.88 Å². The van der Waals surface area contributed by atoms with Gasteiger partial charge >= 0.3 is 0 Å². The van der Waals surface area contributed by atoms with Crippen molar-refractivity contribution in [3.8, 4) is 17.3 Å². The minimum atomic E-state index is -2.46. The van der Waals surface area contributed by atoms with Crippen LogP contribution in [0.1, 0.15) is 46.6 Å². The molecule has 8 nitrogen and oxygen atoms in total. The fourth-order valence-electron chi connectivity index (χ4n) is 4.80. The van der Waals surface area contributed by atoms with Gasteiger partial charge in [0.15, 0.2) is 5.82 Å². The van der Waals surface area contributed by atoms with E-state index in [9.17, 15) is 9.18 Å². The van der Waals surface area contributed by atoms with Crippen molar-refractivity contribution in [3.63, 3.8) is 0 Å². The Morgan fingerprint density at radius 1 is 1.29 bits per heavy atom. The molecule has 2 aliphatic heterocycles. The number of nitrogens with one attached hydrogen (secondary N) is 1. The third-order valence-corrected chi connectivity index (χ3v) is 6.74. The van der Waals surface area contributed by atoms with E-state index in [-0.39, 0.29) is 23.0 Å². The molecular formula is C25H27FN6O2. The average molecular weight is 466 g/mol. The number of carbonyl (C=O) groups is 1. The van der Waals surface area contributed by atoms with E-state index < -0.39 is 24.1 Å². The molecule has 5 heterocycles. The predicted molar refractivity (Wildman–Crippen MR) is 125 cm³/mol. The lowest BCUT2D eigenvalue weighted by atomic mass is 9.86. The molecule has 0 saturated carbocycles. The molecule has 0 bridgehead atoms. The maximum atomic E-state index is 14.4. The second-order valence-corrected chi connectivity index (χ2v) is 8.85. The van der Waals surface area contributed by atoms with Gasteiger partial charge in [-0.3, -0.25) is 4.79 Å². The van der Waals surface area contributed by atoms with Crippen LogP contribution in [-0.2, 0) is 11.2 Å². The number of methoxy groups -OCH3 is 1. The molecule has 2 aliphatic rings. The molecule has 3 aromatic heterocycles. The van der Waals surface area contributed by atoms with E-state index in [2.05, 4.69) is 25.3 Å². The van der Waals surface area contributed by atoms with Crippen molar-refractivity contribution >= 4 is 11.7 Å². The van der Waals surface area contributed by atoms with Gasteiger partial charge in [0.25, 0.3) is 0 Å². The Balaban J connectivity index is 1.39. The van der Waals surface area contributed by atoms with Gasteiger partial charge in [-0.05, 0) is 50.7 Å². The fraction of sp³-hybridized carbons (Fsp3) is 0.400. The van der Waals surface area contributed by atoms with Gasteiger partial charge in [0.05, 0.1) is 30.5 Å². The molecule has 3 aromatic rings. The molecule has 2 atom stereocenters. The number of amides is 1. The lowest BCUT2D eigenvalue weighted by Gasteiger charge is -2.36. The summed E-state index contributed by atoms with van der Waals surface area (Å²) in [4.78, 5) is 31.9. The number of fused-ring (bicyclic) bond motifs is 1. The first-order valence-electron chi connectivity index (χ1n) is 12.7. The Hall–Kier alpha value is -3.62. The maximum Gasteiger partial charge on any atom is 0.230 e. The van der Waals surface area contributed by atoms with E-state index in [1.807, 2.05) is 0 Å². The summed E-state index contributed by atoms with van der Waals surface area (Å²) in [6, 6.07) is 4.93. The van der Waals surface area contributed by atoms with Crippen molar-refractivity contribution in [3.05, 3.63) is 59.4 Å². The van der Waals surface area contributed by atoms with E-state index in [1.165, 1.54) is 13.2 Å². The molecular weight excluding hydrogens is 435 g/mol. The van der Waals surface area contributed by atoms with Crippen molar-refractivity contribution in [1.82, 2.24) is 24.8 Å². The highest BCUT2D eigenvalue weighted by Gasteiger charge is 2.43. The summed E-state index contributed by atoms with van der Waals surface area (Å²) in [7, 11) is 1.44. The molecule has 1 unspecified atom stereocenters. The number of likely N-dealkylation sites (tertiary alicyclic amines) is 1. The summed E-state index contributed by atoms with van der Waals surface area (Å²) in [5, 5.41) is 3.46. The number of ether oxygens (including phenoxy) is 1. The molecule has 1 N–H and O–H groups in total. The van der Waals surface area contributed by atoms with Crippen LogP contribution in [-0.4, -0.2) is 56.5 Å². The lowest BCUT2D eigenvalue weighted by Crippen LogP contribution is -2.46. The molecule has 0 radical (unpaired) electrons. The average Bonchev–Trinajstić information content (AvgIpc) is 3.30. The van der Waals surface area contributed by atoms with Crippen LogP contribution in [0.25, 0.3) is 11.4 Å². The van der Waals surface area contributed by atoms with Crippen molar-refractivity contribution in [2.24, 2.45) is 0 Å². The van der Waals surface area contributed by atoms with E-state index in [0.717, 1.165) is 18.2 Å². The monoisotopic (exact) mass is 465 g/mol. The largest absolute Gasteiger partial charge is 0.481 e. The van der Waals surface area contributed by atoms with Crippen LogP contribution in [0, 0.1) is 12.7 Å². The SMILES string of the molecule is [2H]C([2H])([2H])c1nc2c(cc1-c1ncccn1)CCC1(CCN(C(=O)[C@H](C)c3cc(OC)ncc3F)C1)N2. The van der Waals surface area contributed by atoms with Gasteiger partial charge < -0.3 is 15.0 Å². The van der Waals surface area contributed by atoms with Gasteiger partial charge in [-0.2, -0.15) is 0 Å². The van der Waals surface area contributed by atoms with E-state index >= 15 is 0 Å². The maximum absolute atomic E-state index is 14.4. The fourth-order valence-corrected chi connectivity index (χ4v) is 4.80. The zero-order valence-electron chi connectivity index (χ0n) is 22.0. The summed E-state index contributed by atoms with van der Waals surface area (Å²) >= 11 is 0. The molecule has 0 aliphatic carbocycles. The van der Waals surface area contributed by atoms with Crippen molar-refractivity contribution in [2.45, 2.75) is 44.5 Å². The first kappa shape index (κ1) is 18.8. The predicted octanol–water partition coefficient (Wildman–Crippen LogP) is 3.52. The van der Waals surface area contributed by atoms with Crippen LogP contribution in [0.2, 0.25) is 0 Å². The van der Waals surface area contributed by atoms with Gasteiger partial charge in [-0.1, -0.05) is 0 Å². The Morgan fingerprint density at radius 3 is 2.88 bits per heavy atom. The second kappa shape index (κ2) is 8.62. The number of hydrogen-bond donors (Lipinski definition) is 1. The third kappa shape index (κ3) is 3.95. The van der Waals surface area contributed by atoms with Crippen molar-refractivity contribution in [1.29, 1.82) is 0 Å². The standard InChI is InChI=1S/C25H27FN6O2/c1-15(18-12-21(34-3)29-13-20(18)26)24(33)32-10-7-25(14-32)6-5-17-11-19(16(2)30-22(17)31-25)23-27-8-4-9-28-23/h4,8-9,11-13,15H,5-7,10,14H2,1-3H3,(H,30,31)/t15-,25?/m1/s1/i2D3. The zero-order valence-corrected chi connectivity index (χ0v) is 19.0. The number of hydrogen-bond acceptors (Lipinski definition) is 7. The number of pyridine rings is 2. The molecule has 1 spiro atoms. The lowest BCUT2D eigenvalue weighted by molar-refractivity contribution is -0.131. The van der Waals surface area contributed by atoms with Gasteiger partial charge in [-0.25, -0.2) is 24.3 Å². The molecule has 176 valence electrons. The van der Waals surface area contributed by atoms with Crippen LogP contribution in [0.4, 0.5) is 10.2 Å². The van der Waals surface area contributed by atoms with Crippen molar-refractivity contribution in [2.75, 3.05) is 25.5 Å². The minimum Gasteiger partial charge on any atom is -0.481 e. The molecule has 5 rings (SSSR count). The summed E-state index contributed by atoms with van der Waals surface area (Å²) in [5.41, 5.74) is 0.998. The number of nitrogens with zero attached hydrogens (tertiary/aromatic N) is 5. The van der Waals surface area contributed by atoms with Gasteiger partial charge in [-0.15, -0.1) is 0 Å². The van der Waals surface area contributed by atoms with Crippen molar-refractivity contribution < 1.29 is 18.0 Å². The van der Waals surface area contributed by atoms with Crippen LogP contribution in [0.3, 0.4) is 0 Å². The smallest absolute Gasteiger partial charge is 0.230 e. The summed E-state index contributed by atoms with van der Waals surface area (Å²) in [6.07, 6.45) is 6.26. The topological polar surface area (TPSA) is 93.1 Å². The summed E-state index contributed by atoms with van der Waals surface area (Å²) in [6.45, 7) is 0.121. The number of carbonyl (C=O) groups excluding carboxylic acids is 1. The molecule has 1 saturated heterocycles. The van der Waals surface area contributed by atoms with Gasteiger partial charge in [0, 0.05) is 46.8 Å². The third-order valence-electron chi connectivity index (χ3n) is 6.74. The molecule has 1 fully saturated rings. The highest BCUT2D eigenvalue weighted by atomic mass is 19.1. The first-order chi connectivity index (χ1) is 17.6. The number of aromatic nitrogens is 4. The normalized spacial score (nSPS) is 21.7. The van der Waals surface area contributed by atoms with Crippen LogP contribution in [0.15, 0.2) is 36.8 Å². The molecule has 34 heavy (non-hydrogen) atoms. The number of halogens is 1. The van der Waals surface area contributed by atoms with E-state index in [4.69, 9.17) is 8.85 Å². The Morgan fingerprint density at radius 2 is 2.12 bits per heavy atom. The Bertz CT molecular complexity index is 1340. The highest BCUT2D eigenvalue weighted by Crippen LogP contribution is 2.38. The number of rotatable bonds is 4. The molecule has 1 amide bonds. The van der Waals surface area contributed by atoms with Crippen LogP contribution >= 0.6 is 0 Å².